The second-order valence-electron chi connectivity index (χ2n) is 7.75. The van der Waals surface area contributed by atoms with Gasteiger partial charge in [-0.05, 0) is 28.1 Å². The molecule has 1 aliphatic rings. The van der Waals surface area contributed by atoms with E-state index in [9.17, 15) is 13.2 Å². The smallest absolute Gasteiger partial charge is 0.436 e. The second kappa shape index (κ2) is 9.95. The average molecular weight is 544 g/mol. The summed E-state index contributed by atoms with van der Waals surface area (Å²) in [4.78, 5) is 4.50. The molecule has 0 spiro atoms. The van der Waals surface area contributed by atoms with Crippen LogP contribution in [0.25, 0.3) is 11.3 Å². The molecular formula is C23H23BrClF3N4O. The van der Waals surface area contributed by atoms with Gasteiger partial charge in [-0.2, -0.15) is 18.3 Å². The zero-order valence-electron chi connectivity index (χ0n) is 17.9. The minimum Gasteiger partial charge on any atom is -0.495 e. The maximum atomic E-state index is 13.4. The Morgan fingerprint density at radius 2 is 1.73 bits per heavy atom. The summed E-state index contributed by atoms with van der Waals surface area (Å²) in [5.41, 5.74) is 0.941. The van der Waals surface area contributed by atoms with Gasteiger partial charge in [0.15, 0.2) is 5.69 Å². The van der Waals surface area contributed by atoms with Gasteiger partial charge in [-0.3, -0.25) is 9.58 Å². The van der Waals surface area contributed by atoms with Gasteiger partial charge in [-0.15, -0.1) is 0 Å². The molecule has 1 fully saturated rings. The van der Waals surface area contributed by atoms with Crippen molar-refractivity contribution in [3.63, 3.8) is 0 Å². The van der Waals surface area contributed by atoms with Crippen LogP contribution in [0.5, 0.6) is 5.75 Å². The number of ether oxygens (including phenoxy) is 1. The number of benzene rings is 2. The summed E-state index contributed by atoms with van der Waals surface area (Å²) in [6.07, 6.45) is -4.61. The van der Waals surface area contributed by atoms with E-state index >= 15 is 0 Å². The van der Waals surface area contributed by atoms with E-state index in [2.05, 4.69) is 30.8 Å². The third kappa shape index (κ3) is 5.31. The highest BCUT2D eigenvalue weighted by Gasteiger charge is 2.39. The molecule has 33 heavy (non-hydrogen) atoms. The van der Waals surface area contributed by atoms with E-state index in [1.54, 1.807) is 31.4 Å². The SMILES string of the molecule is COc1cc(N2CCN(CCn3nc(C(F)(F)F)c(Cl)c3-c3ccccc3)CC2)ccc1Br. The van der Waals surface area contributed by atoms with Crippen LogP contribution in [0.3, 0.4) is 0 Å². The molecule has 10 heteroatoms. The number of nitrogens with zero attached hydrogens (tertiary/aromatic N) is 4. The van der Waals surface area contributed by atoms with Crippen LogP contribution in [0.2, 0.25) is 5.02 Å². The lowest BCUT2D eigenvalue weighted by atomic mass is 10.1. The molecule has 0 aliphatic carbocycles. The molecule has 0 amide bonds. The molecule has 0 unspecified atom stereocenters. The highest BCUT2D eigenvalue weighted by Crippen LogP contribution is 2.39. The van der Waals surface area contributed by atoms with E-state index in [1.165, 1.54) is 4.68 Å². The van der Waals surface area contributed by atoms with Crippen LogP contribution >= 0.6 is 27.5 Å². The first-order valence-corrected chi connectivity index (χ1v) is 11.6. The Bertz CT molecular complexity index is 1100. The molecule has 3 aromatic rings. The van der Waals surface area contributed by atoms with Crippen molar-refractivity contribution in [2.75, 3.05) is 44.7 Å². The predicted octanol–water partition coefficient (Wildman–Crippen LogP) is 5.82. The van der Waals surface area contributed by atoms with Crippen molar-refractivity contribution in [1.82, 2.24) is 14.7 Å². The first kappa shape index (κ1) is 23.9. The Hall–Kier alpha value is -2.23. The van der Waals surface area contributed by atoms with Crippen LogP contribution < -0.4 is 9.64 Å². The molecule has 0 N–H and O–H groups in total. The molecule has 2 heterocycles. The van der Waals surface area contributed by atoms with Crippen LogP contribution in [0.4, 0.5) is 18.9 Å². The number of piperazine rings is 1. The number of halogens is 5. The summed E-state index contributed by atoms with van der Waals surface area (Å²) in [5, 5.41) is 3.48. The van der Waals surface area contributed by atoms with Gasteiger partial charge in [0.2, 0.25) is 0 Å². The van der Waals surface area contributed by atoms with Gasteiger partial charge in [0.1, 0.15) is 5.75 Å². The molecule has 0 bridgehead atoms. The van der Waals surface area contributed by atoms with Gasteiger partial charge >= 0.3 is 6.18 Å². The topological polar surface area (TPSA) is 33.5 Å². The summed E-state index contributed by atoms with van der Waals surface area (Å²) in [6.45, 7) is 4.09. The van der Waals surface area contributed by atoms with Crippen molar-refractivity contribution in [1.29, 1.82) is 0 Å². The summed E-state index contributed by atoms with van der Waals surface area (Å²) < 4.78 is 48.0. The zero-order valence-corrected chi connectivity index (χ0v) is 20.3. The largest absolute Gasteiger partial charge is 0.495 e. The molecule has 1 aromatic heterocycles. The Morgan fingerprint density at radius 3 is 2.36 bits per heavy atom. The molecule has 0 radical (unpaired) electrons. The van der Waals surface area contributed by atoms with E-state index < -0.39 is 11.9 Å². The monoisotopic (exact) mass is 542 g/mol. The van der Waals surface area contributed by atoms with Crippen molar-refractivity contribution in [3.05, 3.63) is 63.7 Å². The molecule has 5 nitrogen and oxygen atoms in total. The van der Waals surface area contributed by atoms with Gasteiger partial charge in [-0.25, -0.2) is 0 Å². The molecule has 2 aromatic carbocycles. The highest BCUT2D eigenvalue weighted by atomic mass is 79.9. The number of hydrogen-bond donors (Lipinski definition) is 0. The van der Waals surface area contributed by atoms with Crippen molar-refractivity contribution >= 4 is 33.2 Å². The van der Waals surface area contributed by atoms with Gasteiger partial charge in [-0.1, -0.05) is 41.9 Å². The third-order valence-electron chi connectivity index (χ3n) is 5.71. The number of rotatable bonds is 6. The van der Waals surface area contributed by atoms with Gasteiger partial charge in [0.05, 0.1) is 28.8 Å². The number of alkyl halides is 3. The van der Waals surface area contributed by atoms with E-state index in [1.807, 2.05) is 24.3 Å². The lowest BCUT2D eigenvalue weighted by molar-refractivity contribution is -0.141. The number of anilines is 1. The Balaban J connectivity index is 1.45. The average Bonchev–Trinajstić information content (AvgIpc) is 3.15. The first-order valence-electron chi connectivity index (χ1n) is 10.5. The van der Waals surface area contributed by atoms with Crippen LogP contribution in [-0.2, 0) is 12.7 Å². The molecule has 1 saturated heterocycles. The van der Waals surface area contributed by atoms with Crippen molar-refractivity contribution in [3.8, 4) is 17.0 Å². The van der Waals surface area contributed by atoms with Crippen molar-refractivity contribution < 1.29 is 17.9 Å². The van der Waals surface area contributed by atoms with E-state index in [0.717, 1.165) is 42.1 Å². The van der Waals surface area contributed by atoms with Crippen LogP contribution in [0, 0.1) is 0 Å². The van der Waals surface area contributed by atoms with Crippen molar-refractivity contribution in [2.24, 2.45) is 0 Å². The fourth-order valence-corrected chi connectivity index (χ4v) is 4.73. The lowest BCUT2D eigenvalue weighted by Crippen LogP contribution is -2.47. The molecule has 1 aliphatic heterocycles. The molecule has 4 rings (SSSR count). The minimum absolute atomic E-state index is 0.296. The zero-order chi connectivity index (χ0) is 23.6. The number of aromatic nitrogens is 2. The van der Waals surface area contributed by atoms with Crippen LogP contribution in [0.15, 0.2) is 53.0 Å². The van der Waals surface area contributed by atoms with E-state index in [-0.39, 0.29) is 5.02 Å². The third-order valence-corrected chi connectivity index (χ3v) is 6.72. The predicted molar refractivity (Wildman–Crippen MR) is 127 cm³/mol. The van der Waals surface area contributed by atoms with E-state index in [0.29, 0.717) is 24.3 Å². The highest BCUT2D eigenvalue weighted by molar-refractivity contribution is 9.10. The molecular weight excluding hydrogens is 521 g/mol. The fourth-order valence-electron chi connectivity index (χ4n) is 3.97. The molecule has 176 valence electrons. The Morgan fingerprint density at radius 1 is 1.03 bits per heavy atom. The van der Waals surface area contributed by atoms with Gasteiger partial charge < -0.3 is 9.64 Å². The van der Waals surface area contributed by atoms with Gasteiger partial charge in [0, 0.05) is 50.0 Å². The van der Waals surface area contributed by atoms with Gasteiger partial charge in [0.25, 0.3) is 0 Å². The fraction of sp³-hybridized carbons (Fsp3) is 0.348. The quantitative estimate of drug-likeness (QED) is 0.393. The van der Waals surface area contributed by atoms with Crippen LogP contribution in [-0.4, -0.2) is 54.5 Å². The second-order valence-corrected chi connectivity index (χ2v) is 8.98. The Kier molecular flexibility index (Phi) is 7.21. The maximum Gasteiger partial charge on any atom is 0.436 e. The first-order chi connectivity index (χ1) is 15.8. The Labute approximate surface area is 203 Å². The standard InChI is InChI=1S/C23H23BrClF3N4O/c1-33-19-15-17(7-8-18(19)24)31-12-9-30(10-13-31)11-14-32-21(16-5-3-2-4-6-16)20(25)22(29-32)23(26,27)28/h2-8,15H,9-14H2,1H3. The summed E-state index contributed by atoms with van der Waals surface area (Å²) in [6, 6.07) is 14.8. The van der Waals surface area contributed by atoms with Crippen molar-refractivity contribution in [2.45, 2.75) is 12.7 Å². The normalized spacial score (nSPS) is 15.2. The maximum absolute atomic E-state index is 13.4. The summed E-state index contributed by atoms with van der Waals surface area (Å²) in [7, 11) is 1.64. The van der Waals surface area contributed by atoms with Crippen LogP contribution in [0.1, 0.15) is 5.69 Å². The summed E-state index contributed by atoms with van der Waals surface area (Å²) >= 11 is 9.62. The minimum atomic E-state index is -4.61. The summed E-state index contributed by atoms with van der Waals surface area (Å²) in [5.74, 6) is 0.777. The number of hydrogen-bond acceptors (Lipinski definition) is 4. The lowest BCUT2D eigenvalue weighted by Gasteiger charge is -2.36. The van der Waals surface area contributed by atoms with E-state index in [4.69, 9.17) is 16.3 Å². The molecule has 0 saturated carbocycles. The number of methoxy groups -OCH3 is 1. The molecule has 0 atom stereocenters.